The number of aliphatic hydroxyl groups excluding tert-OH is 1. The van der Waals surface area contributed by atoms with Crippen molar-refractivity contribution in [1.82, 2.24) is 10.1 Å². The summed E-state index contributed by atoms with van der Waals surface area (Å²) in [5, 5.41) is 13.4. The lowest BCUT2D eigenvalue weighted by molar-refractivity contribution is 0.152. The number of hydrogen-bond donors (Lipinski definition) is 1. The predicted octanol–water partition coefficient (Wildman–Crippen LogP) is 3.48. The zero-order valence-electron chi connectivity index (χ0n) is 10.7. The van der Waals surface area contributed by atoms with Crippen LogP contribution in [0.5, 0.6) is 0 Å². The lowest BCUT2D eigenvalue weighted by atomic mass is 10.1. The van der Waals surface area contributed by atoms with Crippen molar-refractivity contribution in [3.63, 3.8) is 0 Å². The van der Waals surface area contributed by atoms with Gasteiger partial charge in [0.25, 0.3) is 0 Å². The van der Waals surface area contributed by atoms with E-state index in [-0.39, 0.29) is 22.6 Å². The zero-order valence-corrected chi connectivity index (χ0v) is 12.3. The highest BCUT2D eigenvalue weighted by molar-refractivity contribution is 9.10. The first kappa shape index (κ1) is 15.1. The fourth-order valence-electron chi connectivity index (χ4n) is 1.78. The molecule has 0 fully saturated rings. The Morgan fingerprint density at radius 3 is 2.85 bits per heavy atom. The van der Waals surface area contributed by atoms with E-state index in [4.69, 9.17) is 4.52 Å². The van der Waals surface area contributed by atoms with Crippen LogP contribution in [0.1, 0.15) is 25.7 Å². The van der Waals surface area contributed by atoms with E-state index < -0.39 is 17.7 Å². The van der Waals surface area contributed by atoms with Crippen molar-refractivity contribution >= 4 is 15.9 Å². The number of nitrogens with zero attached hydrogens (tertiary/aromatic N) is 2. The fraction of sp³-hybridized carbons (Fsp3) is 0.385. The van der Waals surface area contributed by atoms with Crippen molar-refractivity contribution in [2.45, 2.75) is 32.3 Å². The van der Waals surface area contributed by atoms with Crippen LogP contribution < -0.4 is 0 Å². The average Bonchev–Trinajstić information content (AvgIpc) is 2.84. The van der Waals surface area contributed by atoms with Crippen molar-refractivity contribution in [3.05, 3.63) is 34.1 Å². The van der Waals surface area contributed by atoms with Gasteiger partial charge in [-0.1, -0.05) is 18.5 Å². The largest absolute Gasteiger partial charge is 0.393 e. The molecule has 1 aromatic heterocycles. The SMILES string of the molecule is CCCC(O)Cc1nc(-c2ccc(F)c(F)c2Br)no1. The molecule has 0 radical (unpaired) electrons. The summed E-state index contributed by atoms with van der Waals surface area (Å²) in [5.74, 6) is -1.55. The molecule has 2 rings (SSSR count). The molecule has 1 N–H and O–H groups in total. The van der Waals surface area contributed by atoms with Crippen LogP contribution in [-0.2, 0) is 6.42 Å². The minimum absolute atomic E-state index is 0.0565. The van der Waals surface area contributed by atoms with Gasteiger partial charge in [-0.25, -0.2) is 8.78 Å². The van der Waals surface area contributed by atoms with Crippen molar-refractivity contribution in [1.29, 1.82) is 0 Å². The van der Waals surface area contributed by atoms with E-state index in [9.17, 15) is 13.9 Å². The summed E-state index contributed by atoms with van der Waals surface area (Å²) >= 11 is 2.97. The van der Waals surface area contributed by atoms with Crippen LogP contribution in [0.15, 0.2) is 21.1 Å². The number of halogens is 3. The summed E-state index contributed by atoms with van der Waals surface area (Å²) in [6.07, 6.45) is 1.16. The molecule has 4 nitrogen and oxygen atoms in total. The van der Waals surface area contributed by atoms with Gasteiger partial charge in [-0.2, -0.15) is 4.98 Å². The lowest BCUT2D eigenvalue weighted by Gasteiger charge is -2.04. The molecule has 1 heterocycles. The molecular formula is C13H13BrF2N2O2. The van der Waals surface area contributed by atoms with Gasteiger partial charge in [0, 0.05) is 5.56 Å². The molecule has 1 aromatic carbocycles. The van der Waals surface area contributed by atoms with E-state index in [1.807, 2.05) is 6.92 Å². The summed E-state index contributed by atoms with van der Waals surface area (Å²) in [5.41, 5.74) is 0.295. The van der Waals surface area contributed by atoms with Gasteiger partial charge in [0.2, 0.25) is 11.7 Å². The Balaban J connectivity index is 2.23. The zero-order chi connectivity index (χ0) is 14.7. The molecule has 7 heteroatoms. The maximum Gasteiger partial charge on any atom is 0.229 e. The molecule has 0 aliphatic heterocycles. The number of aliphatic hydroxyl groups is 1. The summed E-state index contributed by atoms with van der Waals surface area (Å²) in [4.78, 5) is 4.08. The molecule has 0 saturated heterocycles. The summed E-state index contributed by atoms with van der Waals surface area (Å²) in [6.45, 7) is 1.96. The van der Waals surface area contributed by atoms with E-state index in [0.717, 1.165) is 12.5 Å². The van der Waals surface area contributed by atoms with Gasteiger partial charge in [-0.15, -0.1) is 0 Å². The Morgan fingerprint density at radius 2 is 2.15 bits per heavy atom. The smallest absolute Gasteiger partial charge is 0.229 e. The van der Waals surface area contributed by atoms with Crippen molar-refractivity contribution in [3.8, 4) is 11.4 Å². The van der Waals surface area contributed by atoms with E-state index in [0.29, 0.717) is 12.0 Å². The average molecular weight is 347 g/mol. The van der Waals surface area contributed by atoms with Crippen LogP contribution >= 0.6 is 15.9 Å². The van der Waals surface area contributed by atoms with E-state index in [1.54, 1.807) is 0 Å². The first-order valence-electron chi connectivity index (χ1n) is 6.17. The van der Waals surface area contributed by atoms with Crippen LogP contribution in [0.2, 0.25) is 0 Å². The topological polar surface area (TPSA) is 59.2 Å². The first-order chi connectivity index (χ1) is 9.52. The Kier molecular flexibility index (Phi) is 4.82. The molecule has 0 amide bonds. The van der Waals surface area contributed by atoms with E-state index in [1.165, 1.54) is 6.07 Å². The van der Waals surface area contributed by atoms with E-state index in [2.05, 4.69) is 26.1 Å². The molecule has 1 unspecified atom stereocenters. The summed E-state index contributed by atoms with van der Waals surface area (Å²) in [6, 6.07) is 2.36. The molecular weight excluding hydrogens is 334 g/mol. The monoisotopic (exact) mass is 346 g/mol. The van der Waals surface area contributed by atoms with Crippen LogP contribution in [0.3, 0.4) is 0 Å². The molecule has 0 aliphatic rings. The van der Waals surface area contributed by atoms with Crippen LogP contribution in [-0.4, -0.2) is 21.4 Å². The Hall–Kier alpha value is -1.34. The number of benzene rings is 1. The summed E-state index contributed by atoms with van der Waals surface area (Å²) < 4.78 is 31.4. The third-order valence-corrected chi connectivity index (χ3v) is 3.55. The highest BCUT2D eigenvalue weighted by atomic mass is 79.9. The van der Waals surface area contributed by atoms with Gasteiger partial charge >= 0.3 is 0 Å². The minimum atomic E-state index is -1.00. The lowest BCUT2D eigenvalue weighted by Crippen LogP contribution is -2.09. The van der Waals surface area contributed by atoms with Gasteiger partial charge in [0.05, 0.1) is 17.0 Å². The molecule has 108 valence electrons. The van der Waals surface area contributed by atoms with Gasteiger partial charge in [0.1, 0.15) is 0 Å². The molecule has 0 bridgehead atoms. The number of rotatable bonds is 5. The Bertz CT molecular complexity index is 604. The molecule has 0 aliphatic carbocycles. The van der Waals surface area contributed by atoms with Crippen LogP contribution in [0, 0.1) is 11.6 Å². The fourth-order valence-corrected chi connectivity index (χ4v) is 2.28. The maximum absolute atomic E-state index is 13.4. The highest BCUT2D eigenvalue weighted by Gasteiger charge is 2.18. The highest BCUT2D eigenvalue weighted by Crippen LogP contribution is 2.30. The predicted molar refractivity (Wildman–Crippen MR) is 72.0 cm³/mol. The third kappa shape index (κ3) is 3.21. The number of hydrogen-bond acceptors (Lipinski definition) is 4. The second-order valence-electron chi connectivity index (χ2n) is 4.38. The molecule has 20 heavy (non-hydrogen) atoms. The maximum atomic E-state index is 13.4. The van der Waals surface area contributed by atoms with Crippen molar-refractivity contribution in [2.75, 3.05) is 0 Å². The van der Waals surface area contributed by atoms with Gasteiger partial charge in [-0.05, 0) is 34.5 Å². The normalized spacial score (nSPS) is 12.7. The molecule has 0 spiro atoms. The molecule has 2 aromatic rings. The molecule has 0 saturated carbocycles. The van der Waals surface area contributed by atoms with Gasteiger partial charge < -0.3 is 9.63 Å². The number of aromatic nitrogens is 2. The van der Waals surface area contributed by atoms with Crippen molar-refractivity contribution < 1.29 is 18.4 Å². The second kappa shape index (κ2) is 6.41. The second-order valence-corrected chi connectivity index (χ2v) is 5.17. The minimum Gasteiger partial charge on any atom is -0.393 e. The van der Waals surface area contributed by atoms with Gasteiger partial charge in [-0.3, -0.25) is 0 Å². The standard InChI is InChI=1S/C13H13BrF2N2O2/c1-2-3-7(19)6-10-17-13(18-20-10)8-4-5-9(15)12(16)11(8)14/h4-5,7,19H,2-3,6H2,1H3. The Morgan fingerprint density at radius 1 is 1.40 bits per heavy atom. The molecule has 1 atom stereocenters. The van der Waals surface area contributed by atoms with Crippen LogP contribution in [0.25, 0.3) is 11.4 Å². The summed E-state index contributed by atoms with van der Waals surface area (Å²) in [7, 11) is 0. The van der Waals surface area contributed by atoms with Gasteiger partial charge in [0.15, 0.2) is 11.6 Å². The van der Waals surface area contributed by atoms with Crippen LogP contribution in [0.4, 0.5) is 8.78 Å². The Labute approximate surface area is 122 Å². The van der Waals surface area contributed by atoms with Crippen molar-refractivity contribution in [2.24, 2.45) is 0 Å². The first-order valence-corrected chi connectivity index (χ1v) is 6.96. The van der Waals surface area contributed by atoms with E-state index >= 15 is 0 Å². The third-order valence-electron chi connectivity index (χ3n) is 2.78. The quantitative estimate of drug-likeness (QED) is 0.842.